The standard InChI is InChI=1S/C23H28Cl2FN5O2/c1-4-5-6-18(30-14-7-10-20(32)31(3)12-14)17(27)11-19(23(28)29)33-13(2)21-15(24)8-9-16(26)22(21)25/h6-13,30H,4-5,27-29H2,1-3H3/b17-11-,18-6-. The number of aryl methyl sites for hydroxylation is 1. The number of hydrogen-bond donors (Lipinski definition) is 4. The molecule has 7 N–H and O–H groups in total. The Morgan fingerprint density at radius 2 is 1.94 bits per heavy atom. The molecule has 0 saturated carbocycles. The normalized spacial score (nSPS) is 12.9. The summed E-state index contributed by atoms with van der Waals surface area (Å²) in [5.74, 6) is -0.689. The molecular formula is C23H28Cl2FN5O2. The number of halogens is 3. The first-order valence-electron chi connectivity index (χ1n) is 10.2. The number of nitrogens with one attached hydrogen (secondary N) is 1. The molecule has 1 unspecified atom stereocenters. The predicted molar refractivity (Wildman–Crippen MR) is 132 cm³/mol. The summed E-state index contributed by atoms with van der Waals surface area (Å²) in [4.78, 5) is 11.7. The highest BCUT2D eigenvalue weighted by molar-refractivity contribution is 6.36. The topological polar surface area (TPSA) is 121 Å². The minimum absolute atomic E-state index is 0.0704. The number of rotatable bonds is 9. The average molecular weight is 496 g/mol. The van der Waals surface area contributed by atoms with Crippen molar-refractivity contribution in [3.05, 3.63) is 97.4 Å². The van der Waals surface area contributed by atoms with Gasteiger partial charge in [-0.05, 0) is 31.5 Å². The zero-order valence-corrected chi connectivity index (χ0v) is 20.2. The van der Waals surface area contributed by atoms with Gasteiger partial charge in [0.05, 0.1) is 22.1 Å². The summed E-state index contributed by atoms with van der Waals surface area (Å²) in [6.45, 7) is 3.66. The van der Waals surface area contributed by atoms with Gasteiger partial charge in [0.1, 0.15) is 17.7 Å². The molecule has 2 aromatic rings. The summed E-state index contributed by atoms with van der Waals surface area (Å²) in [5, 5.41) is 3.28. The number of allylic oxidation sites excluding steroid dienone is 2. The van der Waals surface area contributed by atoms with Crippen LogP contribution in [0.25, 0.3) is 0 Å². The Bertz CT molecular complexity index is 1150. The van der Waals surface area contributed by atoms with Gasteiger partial charge in [-0.2, -0.15) is 0 Å². The van der Waals surface area contributed by atoms with Gasteiger partial charge in [0.2, 0.25) is 5.56 Å². The van der Waals surface area contributed by atoms with Crippen molar-refractivity contribution < 1.29 is 9.13 Å². The molecule has 1 aromatic carbocycles. The minimum Gasteiger partial charge on any atom is -0.482 e. The number of nitrogens with zero attached hydrogens (tertiary/aromatic N) is 1. The molecule has 178 valence electrons. The third-order valence-electron chi connectivity index (χ3n) is 4.67. The molecule has 1 aromatic heterocycles. The third kappa shape index (κ3) is 6.94. The van der Waals surface area contributed by atoms with Crippen molar-refractivity contribution in [3.63, 3.8) is 0 Å². The number of unbranched alkanes of at least 4 members (excludes halogenated alkanes) is 1. The molecule has 33 heavy (non-hydrogen) atoms. The fourth-order valence-electron chi connectivity index (χ4n) is 2.92. The van der Waals surface area contributed by atoms with Crippen molar-refractivity contribution in [2.24, 2.45) is 24.2 Å². The van der Waals surface area contributed by atoms with E-state index in [1.54, 1.807) is 26.2 Å². The van der Waals surface area contributed by atoms with Gasteiger partial charge in [-0.15, -0.1) is 0 Å². The Morgan fingerprint density at radius 1 is 1.24 bits per heavy atom. The van der Waals surface area contributed by atoms with Gasteiger partial charge in [0, 0.05) is 36.0 Å². The first-order valence-corrected chi connectivity index (χ1v) is 11.0. The van der Waals surface area contributed by atoms with E-state index in [0.717, 1.165) is 12.8 Å². The smallest absolute Gasteiger partial charge is 0.250 e. The molecule has 0 aliphatic carbocycles. The lowest BCUT2D eigenvalue weighted by molar-refractivity contribution is 0.139. The number of ether oxygens (including phenoxy) is 1. The van der Waals surface area contributed by atoms with Gasteiger partial charge >= 0.3 is 0 Å². The zero-order chi connectivity index (χ0) is 24.7. The third-order valence-corrected chi connectivity index (χ3v) is 5.39. The van der Waals surface area contributed by atoms with Crippen LogP contribution in [0.2, 0.25) is 10.0 Å². The highest BCUT2D eigenvalue weighted by Gasteiger charge is 2.20. The number of hydrogen-bond acceptors (Lipinski definition) is 6. The molecular weight excluding hydrogens is 468 g/mol. The van der Waals surface area contributed by atoms with E-state index in [-0.39, 0.29) is 38.4 Å². The highest BCUT2D eigenvalue weighted by atomic mass is 35.5. The Kier molecular flexibility index (Phi) is 9.25. The van der Waals surface area contributed by atoms with Crippen LogP contribution in [0.15, 0.2) is 70.4 Å². The van der Waals surface area contributed by atoms with E-state index >= 15 is 0 Å². The minimum atomic E-state index is -0.776. The van der Waals surface area contributed by atoms with Gasteiger partial charge in [0.15, 0.2) is 5.76 Å². The van der Waals surface area contributed by atoms with Crippen molar-refractivity contribution in [2.75, 3.05) is 5.32 Å². The molecule has 0 aliphatic heterocycles. The van der Waals surface area contributed by atoms with Crippen LogP contribution in [0, 0.1) is 5.82 Å². The van der Waals surface area contributed by atoms with Gasteiger partial charge < -0.3 is 31.8 Å². The second-order valence-corrected chi connectivity index (χ2v) is 8.12. The maximum Gasteiger partial charge on any atom is 0.250 e. The van der Waals surface area contributed by atoms with Crippen LogP contribution in [-0.2, 0) is 11.8 Å². The molecule has 7 nitrogen and oxygen atoms in total. The lowest BCUT2D eigenvalue weighted by Gasteiger charge is -2.20. The van der Waals surface area contributed by atoms with E-state index in [2.05, 4.69) is 5.32 Å². The molecule has 1 atom stereocenters. The number of benzene rings is 1. The predicted octanol–water partition coefficient (Wildman–Crippen LogP) is 4.63. The van der Waals surface area contributed by atoms with E-state index in [1.165, 1.54) is 28.8 Å². The van der Waals surface area contributed by atoms with Crippen LogP contribution in [0.3, 0.4) is 0 Å². The number of anilines is 1. The van der Waals surface area contributed by atoms with E-state index in [1.807, 2.05) is 13.0 Å². The van der Waals surface area contributed by atoms with Gasteiger partial charge in [-0.3, -0.25) is 4.79 Å². The van der Waals surface area contributed by atoms with Crippen LogP contribution in [0.1, 0.15) is 38.4 Å². The lowest BCUT2D eigenvalue weighted by Crippen LogP contribution is -2.18. The van der Waals surface area contributed by atoms with Crippen LogP contribution in [0.4, 0.5) is 10.1 Å². The number of nitrogens with two attached hydrogens (primary N) is 3. The quantitative estimate of drug-likeness (QED) is 0.228. The zero-order valence-electron chi connectivity index (χ0n) is 18.7. The van der Waals surface area contributed by atoms with Gasteiger partial charge in [-0.25, -0.2) is 4.39 Å². The van der Waals surface area contributed by atoms with E-state index in [4.69, 9.17) is 45.1 Å². The summed E-state index contributed by atoms with van der Waals surface area (Å²) >= 11 is 12.3. The largest absolute Gasteiger partial charge is 0.482 e. The van der Waals surface area contributed by atoms with E-state index in [0.29, 0.717) is 11.4 Å². The molecule has 0 spiro atoms. The number of aromatic nitrogens is 1. The van der Waals surface area contributed by atoms with Gasteiger partial charge in [0.25, 0.3) is 0 Å². The molecule has 0 aliphatic rings. The molecule has 1 heterocycles. The van der Waals surface area contributed by atoms with E-state index < -0.39 is 11.9 Å². The Labute approximate surface area is 202 Å². The van der Waals surface area contributed by atoms with E-state index in [9.17, 15) is 9.18 Å². The maximum absolute atomic E-state index is 13.9. The average Bonchev–Trinajstić information content (AvgIpc) is 2.75. The van der Waals surface area contributed by atoms with Crippen molar-refractivity contribution >= 4 is 28.9 Å². The molecule has 0 radical (unpaired) electrons. The van der Waals surface area contributed by atoms with Crippen molar-refractivity contribution in [1.29, 1.82) is 0 Å². The molecule has 0 amide bonds. The summed E-state index contributed by atoms with van der Waals surface area (Å²) in [7, 11) is 1.65. The van der Waals surface area contributed by atoms with Crippen LogP contribution in [0.5, 0.6) is 0 Å². The van der Waals surface area contributed by atoms with Crippen LogP contribution >= 0.6 is 23.2 Å². The molecule has 0 saturated heterocycles. The van der Waals surface area contributed by atoms with Crippen LogP contribution in [-0.4, -0.2) is 4.57 Å². The Hall–Kier alpha value is -3.10. The summed E-state index contributed by atoms with van der Waals surface area (Å²) in [6, 6.07) is 5.65. The summed E-state index contributed by atoms with van der Waals surface area (Å²) < 4.78 is 21.2. The number of pyridine rings is 1. The van der Waals surface area contributed by atoms with Gasteiger partial charge in [-0.1, -0.05) is 42.6 Å². The first kappa shape index (κ1) is 26.2. The first-order chi connectivity index (χ1) is 15.5. The monoisotopic (exact) mass is 495 g/mol. The molecule has 0 bridgehead atoms. The second kappa shape index (κ2) is 11.7. The van der Waals surface area contributed by atoms with Crippen LogP contribution < -0.4 is 28.1 Å². The lowest BCUT2D eigenvalue weighted by atomic mass is 10.1. The molecule has 0 fully saturated rings. The summed E-state index contributed by atoms with van der Waals surface area (Å²) in [6.07, 6.45) is 5.87. The Balaban J connectivity index is 2.37. The maximum atomic E-state index is 13.9. The van der Waals surface area contributed by atoms with Crippen molar-refractivity contribution in [3.8, 4) is 0 Å². The molecule has 10 heteroatoms. The van der Waals surface area contributed by atoms with Crippen molar-refractivity contribution in [1.82, 2.24) is 4.57 Å². The second-order valence-electron chi connectivity index (χ2n) is 7.33. The highest BCUT2D eigenvalue weighted by Crippen LogP contribution is 2.35. The SMILES string of the molecule is CCC/C=C(Nc1ccc(=O)n(C)c1)/C(N)=C/C(OC(C)c1c(Cl)ccc(F)c1Cl)=C(N)N. The fraction of sp³-hybridized carbons (Fsp3) is 0.261. The summed E-state index contributed by atoms with van der Waals surface area (Å²) in [5.41, 5.74) is 19.6. The van der Waals surface area contributed by atoms with Crippen molar-refractivity contribution in [2.45, 2.75) is 32.8 Å². The molecule has 2 rings (SSSR count). The Morgan fingerprint density at radius 3 is 2.55 bits per heavy atom. The fourth-order valence-corrected chi connectivity index (χ4v) is 3.60.